The lowest BCUT2D eigenvalue weighted by molar-refractivity contribution is -0.117. The van der Waals surface area contributed by atoms with Gasteiger partial charge in [-0.3, -0.25) is 9.59 Å². The van der Waals surface area contributed by atoms with Crippen LogP contribution in [0.4, 0.5) is 0 Å². The maximum Gasteiger partial charge on any atom is 0.251 e. The van der Waals surface area contributed by atoms with E-state index < -0.39 is 5.91 Å². The summed E-state index contributed by atoms with van der Waals surface area (Å²) in [7, 11) is 0. The van der Waals surface area contributed by atoms with Crippen LogP contribution in [0.5, 0.6) is 0 Å². The number of amides is 2. The second-order valence-electron chi connectivity index (χ2n) is 5.90. The van der Waals surface area contributed by atoms with Crippen LogP contribution >= 0.6 is 0 Å². The minimum atomic E-state index is -0.581. The molecule has 1 aromatic rings. The average molecular weight is 347 g/mol. The highest BCUT2D eigenvalue weighted by Crippen LogP contribution is 2.10. The summed E-state index contributed by atoms with van der Waals surface area (Å²) >= 11 is 0. The van der Waals surface area contributed by atoms with Crippen LogP contribution < -0.4 is 16.4 Å². The normalized spacial score (nSPS) is 17.4. The number of hydrogen-bond acceptors (Lipinski definition) is 4. The van der Waals surface area contributed by atoms with Gasteiger partial charge in [-0.15, -0.1) is 0 Å². The number of likely N-dealkylation sites (tertiary alicyclic amines) is 1. The summed E-state index contributed by atoms with van der Waals surface area (Å²) in [5.41, 5.74) is 6.42. The molecule has 8 heteroatoms. The van der Waals surface area contributed by atoms with Gasteiger partial charge in [0.2, 0.25) is 5.91 Å². The van der Waals surface area contributed by atoms with E-state index in [1.807, 2.05) is 24.0 Å². The maximum absolute atomic E-state index is 11.8. The van der Waals surface area contributed by atoms with Crippen LogP contribution in [0.15, 0.2) is 29.3 Å². The van der Waals surface area contributed by atoms with E-state index in [9.17, 15) is 14.7 Å². The second-order valence-corrected chi connectivity index (χ2v) is 5.90. The van der Waals surface area contributed by atoms with Gasteiger partial charge in [0.05, 0.1) is 19.2 Å². The lowest BCUT2D eigenvalue weighted by Crippen LogP contribution is -2.40. The van der Waals surface area contributed by atoms with Gasteiger partial charge >= 0.3 is 0 Å². The first-order valence-electron chi connectivity index (χ1n) is 8.36. The van der Waals surface area contributed by atoms with E-state index in [4.69, 9.17) is 5.73 Å². The van der Waals surface area contributed by atoms with Crippen LogP contribution in [0.25, 0.3) is 0 Å². The van der Waals surface area contributed by atoms with Crippen LogP contribution in [0, 0.1) is 0 Å². The van der Waals surface area contributed by atoms with Gasteiger partial charge in [-0.2, -0.15) is 0 Å². The standard InChI is InChI=1S/C17H25N5O3/c1-2-19-17(22-8-7-14(23)11-22)21-9-12-3-5-13(6-4-12)16(25)20-10-15(18)24/h3-6,14,23H,2,7-11H2,1H3,(H2,18,24)(H,19,21)(H,20,25)/t14-/m1/s1. The zero-order valence-electron chi connectivity index (χ0n) is 14.4. The maximum atomic E-state index is 11.8. The largest absolute Gasteiger partial charge is 0.391 e. The molecule has 0 radical (unpaired) electrons. The van der Waals surface area contributed by atoms with Crippen molar-refractivity contribution in [1.82, 2.24) is 15.5 Å². The third-order valence-electron chi connectivity index (χ3n) is 3.85. The third-order valence-corrected chi connectivity index (χ3v) is 3.85. The number of β-amino-alcohol motifs (C(OH)–C–C–N with tert-alkyl or cyclic N) is 1. The highest BCUT2D eigenvalue weighted by Gasteiger charge is 2.22. The summed E-state index contributed by atoms with van der Waals surface area (Å²) in [5, 5.41) is 15.3. The molecule has 1 aromatic carbocycles. The SMILES string of the molecule is CCNC(=NCc1ccc(C(=O)NCC(N)=O)cc1)N1CC[C@@H](O)C1. The molecule has 1 aliphatic heterocycles. The Labute approximate surface area is 147 Å². The first-order valence-corrected chi connectivity index (χ1v) is 8.36. The van der Waals surface area contributed by atoms with Gasteiger partial charge in [0.15, 0.2) is 5.96 Å². The Bertz CT molecular complexity index is 630. The van der Waals surface area contributed by atoms with Gasteiger partial charge in [-0.1, -0.05) is 12.1 Å². The fourth-order valence-electron chi connectivity index (χ4n) is 2.56. The van der Waals surface area contributed by atoms with Gasteiger partial charge in [0.25, 0.3) is 5.91 Å². The molecule has 0 bridgehead atoms. The number of carbonyl (C=O) groups is 2. The molecule has 1 fully saturated rings. The number of guanidine groups is 1. The number of carbonyl (C=O) groups excluding carboxylic acids is 2. The van der Waals surface area contributed by atoms with E-state index >= 15 is 0 Å². The fourth-order valence-corrected chi connectivity index (χ4v) is 2.56. The van der Waals surface area contributed by atoms with E-state index in [0.29, 0.717) is 18.7 Å². The monoisotopic (exact) mass is 347 g/mol. The Hall–Kier alpha value is -2.61. The average Bonchev–Trinajstić information content (AvgIpc) is 3.03. The van der Waals surface area contributed by atoms with Gasteiger partial charge in [0, 0.05) is 25.2 Å². The van der Waals surface area contributed by atoms with E-state index in [0.717, 1.165) is 31.0 Å². The molecule has 136 valence electrons. The predicted octanol–water partition coefficient (Wildman–Crippen LogP) is -0.566. The molecule has 0 spiro atoms. The molecule has 0 saturated carbocycles. The molecule has 8 nitrogen and oxygen atoms in total. The van der Waals surface area contributed by atoms with Crippen molar-refractivity contribution in [1.29, 1.82) is 0 Å². The quantitative estimate of drug-likeness (QED) is 0.406. The first kappa shape index (κ1) is 18.7. The van der Waals surface area contributed by atoms with Crippen LogP contribution in [0.1, 0.15) is 29.3 Å². The van der Waals surface area contributed by atoms with Crippen molar-refractivity contribution in [2.75, 3.05) is 26.2 Å². The number of nitrogens with one attached hydrogen (secondary N) is 2. The summed E-state index contributed by atoms with van der Waals surface area (Å²) in [6, 6.07) is 7.03. The molecule has 0 unspecified atom stereocenters. The van der Waals surface area contributed by atoms with Gasteiger partial charge in [0.1, 0.15) is 0 Å². The Morgan fingerprint density at radius 2 is 2.04 bits per heavy atom. The molecule has 0 aromatic heterocycles. The Morgan fingerprint density at radius 3 is 2.60 bits per heavy atom. The topological polar surface area (TPSA) is 120 Å². The predicted molar refractivity (Wildman–Crippen MR) is 95.0 cm³/mol. The van der Waals surface area contributed by atoms with Crippen molar-refractivity contribution in [3.05, 3.63) is 35.4 Å². The summed E-state index contributed by atoms with van der Waals surface area (Å²) in [5.74, 6) is -0.141. The Balaban J connectivity index is 1.96. The minimum absolute atomic E-state index is 0.182. The van der Waals surface area contributed by atoms with E-state index in [1.54, 1.807) is 12.1 Å². The van der Waals surface area contributed by atoms with E-state index in [1.165, 1.54) is 0 Å². The van der Waals surface area contributed by atoms with Gasteiger partial charge in [-0.05, 0) is 31.0 Å². The molecule has 2 amide bonds. The number of nitrogens with two attached hydrogens (primary N) is 1. The molecular formula is C17H25N5O3. The number of rotatable bonds is 6. The summed E-state index contributed by atoms with van der Waals surface area (Å²) < 4.78 is 0. The number of aliphatic imine (C=N–C) groups is 1. The number of aliphatic hydroxyl groups is 1. The molecule has 1 heterocycles. The summed E-state index contributed by atoms with van der Waals surface area (Å²) in [6.45, 7) is 4.42. The van der Waals surface area contributed by atoms with Gasteiger partial charge in [-0.25, -0.2) is 4.99 Å². The smallest absolute Gasteiger partial charge is 0.251 e. The number of nitrogens with zero attached hydrogens (tertiary/aromatic N) is 2. The third kappa shape index (κ3) is 5.75. The van der Waals surface area contributed by atoms with Gasteiger partial charge < -0.3 is 26.4 Å². The highest BCUT2D eigenvalue weighted by atomic mass is 16.3. The van der Waals surface area contributed by atoms with Crippen molar-refractivity contribution in [2.45, 2.75) is 26.0 Å². The lowest BCUT2D eigenvalue weighted by Gasteiger charge is -2.20. The number of hydrogen-bond donors (Lipinski definition) is 4. The minimum Gasteiger partial charge on any atom is -0.391 e. The van der Waals surface area contributed by atoms with Crippen molar-refractivity contribution in [3.8, 4) is 0 Å². The zero-order chi connectivity index (χ0) is 18.2. The number of benzene rings is 1. The van der Waals surface area contributed by atoms with Crippen molar-refractivity contribution < 1.29 is 14.7 Å². The molecule has 2 rings (SSSR count). The number of aliphatic hydroxyl groups excluding tert-OH is 1. The van der Waals surface area contributed by atoms with Crippen LogP contribution in [0.3, 0.4) is 0 Å². The fraction of sp³-hybridized carbons (Fsp3) is 0.471. The first-order chi connectivity index (χ1) is 12.0. The molecule has 25 heavy (non-hydrogen) atoms. The van der Waals surface area contributed by atoms with Crippen LogP contribution in [-0.4, -0.2) is 60.1 Å². The number of primary amides is 1. The summed E-state index contributed by atoms with van der Waals surface area (Å²) in [4.78, 5) is 29.2. The molecule has 1 aliphatic rings. The van der Waals surface area contributed by atoms with Crippen molar-refractivity contribution in [3.63, 3.8) is 0 Å². The highest BCUT2D eigenvalue weighted by molar-refractivity contribution is 5.96. The lowest BCUT2D eigenvalue weighted by atomic mass is 10.1. The second kappa shape index (κ2) is 9.03. The van der Waals surface area contributed by atoms with E-state index in [2.05, 4.69) is 15.6 Å². The zero-order valence-corrected chi connectivity index (χ0v) is 14.4. The Morgan fingerprint density at radius 1 is 1.32 bits per heavy atom. The molecule has 1 atom stereocenters. The van der Waals surface area contributed by atoms with Crippen LogP contribution in [0.2, 0.25) is 0 Å². The van der Waals surface area contributed by atoms with Crippen molar-refractivity contribution >= 4 is 17.8 Å². The van der Waals surface area contributed by atoms with Crippen molar-refractivity contribution in [2.24, 2.45) is 10.7 Å². The summed E-state index contributed by atoms with van der Waals surface area (Å²) in [6.07, 6.45) is 0.446. The Kier molecular flexibility index (Phi) is 6.76. The molecule has 1 saturated heterocycles. The molecule has 0 aliphatic carbocycles. The molecule has 5 N–H and O–H groups in total. The van der Waals surface area contributed by atoms with E-state index in [-0.39, 0.29) is 18.6 Å². The van der Waals surface area contributed by atoms with Crippen LogP contribution in [-0.2, 0) is 11.3 Å². The molecular weight excluding hydrogens is 322 g/mol.